The summed E-state index contributed by atoms with van der Waals surface area (Å²) in [6.07, 6.45) is 1.68. The molecule has 0 saturated carbocycles. The van der Waals surface area contributed by atoms with E-state index in [4.69, 9.17) is 11.5 Å². The molecule has 2 fully saturated rings. The van der Waals surface area contributed by atoms with Crippen molar-refractivity contribution < 1.29 is 37.9 Å². The van der Waals surface area contributed by atoms with Crippen LogP contribution in [0.4, 0.5) is 13.6 Å². The summed E-state index contributed by atoms with van der Waals surface area (Å²) >= 11 is 0. The summed E-state index contributed by atoms with van der Waals surface area (Å²) in [5, 5.41) is 20.5. The molecule has 2 aliphatic heterocycles. The van der Waals surface area contributed by atoms with Crippen LogP contribution in [0.3, 0.4) is 0 Å². The number of carbonyl (C=O) groups is 5. The van der Waals surface area contributed by atoms with Crippen molar-refractivity contribution in [3.63, 3.8) is 0 Å². The average Bonchev–Trinajstić information content (AvgIpc) is 3.51. The van der Waals surface area contributed by atoms with E-state index >= 15 is 8.78 Å². The third-order valence-corrected chi connectivity index (χ3v) is 10.2. The number of amides is 5. The van der Waals surface area contributed by atoms with Gasteiger partial charge in [0.2, 0.25) is 17.7 Å². The molecule has 16 heteroatoms. The van der Waals surface area contributed by atoms with Crippen molar-refractivity contribution in [2.45, 2.75) is 101 Å². The Kier molecular flexibility index (Phi) is 15.5. The Morgan fingerprint density at radius 3 is 2.02 bits per heavy atom. The zero-order valence-corrected chi connectivity index (χ0v) is 31.6. The standard InChI is InChI=1S/C39H56F2N8O6/c1-26(2)21-30(33(50)45-29(15-9-10-18-42)35(52)48-19-16-38(43,17-20-48)36(53)54)46-34(51)31(22-27-11-5-3-6-12-27)47-37(55)49(24-28-13-7-4-8-14-28)32-23-44-25-39(32,40)41/h3-8,11-14,26,29-32,44H,9-10,15-25,42-43H2,1-2H3,(H,45,50)(H,46,51)(H,47,55)(H,53,54)/t29-,30-,31-,32?/m1/s1. The maximum absolute atomic E-state index is 15.1. The number of hydrogen-bond acceptors (Lipinski definition) is 8. The second-order valence-corrected chi connectivity index (χ2v) is 15.0. The average molecular weight is 771 g/mol. The van der Waals surface area contributed by atoms with Gasteiger partial charge in [-0.2, -0.15) is 0 Å². The molecule has 0 aromatic heterocycles. The normalized spacial score (nSPS) is 19.2. The van der Waals surface area contributed by atoms with Crippen LogP contribution in [0.25, 0.3) is 0 Å². The molecule has 2 aromatic rings. The number of carboxylic acid groups (broad SMARTS) is 1. The lowest BCUT2D eigenvalue weighted by Crippen LogP contribution is -2.61. The van der Waals surface area contributed by atoms with Crippen molar-refractivity contribution in [2.75, 3.05) is 32.7 Å². The van der Waals surface area contributed by atoms with E-state index in [-0.39, 0.29) is 64.2 Å². The maximum Gasteiger partial charge on any atom is 0.323 e. The van der Waals surface area contributed by atoms with E-state index in [1.807, 2.05) is 13.8 Å². The van der Waals surface area contributed by atoms with Crippen LogP contribution in [0.2, 0.25) is 0 Å². The number of nitrogens with one attached hydrogen (secondary N) is 4. The lowest BCUT2D eigenvalue weighted by atomic mass is 9.88. The summed E-state index contributed by atoms with van der Waals surface area (Å²) in [5.74, 6) is -6.16. The van der Waals surface area contributed by atoms with Crippen molar-refractivity contribution >= 4 is 29.7 Å². The van der Waals surface area contributed by atoms with Gasteiger partial charge in [-0.1, -0.05) is 74.5 Å². The topological polar surface area (TPSA) is 212 Å². The summed E-state index contributed by atoms with van der Waals surface area (Å²) < 4.78 is 30.2. The molecular formula is C39H56F2N8O6. The third kappa shape index (κ3) is 12.2. The molecule has 0 bridgehead atoms. The fraction of sp³-hybridized carbons (Fsp3) is 0.564. The van der Waals surface area contributed by atoms with Crippen LogP contribution >= 0.6 is 0 Å². The molecule has 0 aliphatic carbocycles. The summed E-state index contributed by atoms with van der Waals surface area (Å²) in [6, 6.07) is 11.9. The Morgan fingerprint density at radius 2 is 1.47 bits per heavy atom. The second-order valence-electron chi connectivity index (χ2n) is 15.0. The monoisotopic (exact) mass is 770 g/mol. The Balaban J connectivity index is 1.56. The number of aliphatic carboxylic acids is 1. The quantitative estimate of drug-likeness (QED) is 0.110. The first-order chi connectivity index (χ1) is 26.1. The van der Waals surface area contributed by atoms with Gasteiger partial charge >= 0.3 is 12.0 Å². The summed E-state index contributed by atoms with van der Waals surface area (Å²) in [4.78, 5) is 70.1. The number of benzene rings is 2. The fourth-order valence-electron chi connectivity index (χ4n) is 6.93. The highest BCUT2D eigenvalue weighted by atomic mass is 19.3. The minimum atomic E-state index is -3.22. The van der Waals surface area contributed by atoms with Crippen LogP contribution in [-0.2, 0) is 32.1 Å². The number of carbonyl (C=O) groups excluding carboxylic acids is 4. The number of halogens is 2. The van der Waals surface area contributed by atoms with Crippen molar-refractivity contribution in [2.24, 2.45) is 17.4 Å². The number of nitrogens with zero attached hydrogens (tertiary/aromatic N) is 2. The van der Waals surface area contributed by atoms with Crippen LogP contribution in [0, 0.1) is 5.92 Å². The predicted octanol–water partition coefficient (Wildman–Crippen LogP) is 1.97. The molecule has 5 amide bonds. The van der Waals surface area contributed by atoms with Gasteiger partial charge in [-0.05, 0) is 62.1 Å². The Hall–Kier alpha value is -4.67. The van der Waals surface area contributed by atoms with Gasteiger partial charge in [0.25, 0.3) is 5.92 Å². The smallest absolute Gasteiger partial charge is 0.323 e. The number of nitrogens with two attached hydrogens (primary N) is 2. The maximum atomic E-state index is 15.1. The minimum absolute atomic E-state index is 0.00105. The van der Waals surface area contributed by atoms with Gasteiger partial charge in [0.1, 0.15) is 29.7 Å². The Labute approximate surface area is 321 Å². The van der Waals surface area contributed by atoms with Gasteiger partial charge in [-0.15, -0.1) is 0 Å². The van der Waals surface area contributed by atoms with Crippen LogP contribution in [0.1, 0.15) is 63.5 Å². The van der Waals surface area contributed by atoms with E-state index in [2.05, 4.69) is 21.3 Å². The number of alkyl halides is 2. The molecule has 9 N–H and O–H groups in total. The summed E-state index contributed by atoms with van der Waals surface area (Å²) in [5.41, 5.74) is 11.6. The van der Waals surface area contributed by atoms with E-state index in [1.54, 1.807) is 60.7 Å². The SMILES string of the molecule is CC(C)C[C@@H](NC(=O)[C@@H](Cc1ccccc1)NC(=O)N(Cc1ccccc1)C1CNCC1(F)F)C(=O)N[C@H](CCCCN)C(=O)N1CCC(N)(C(=O)O)CC1. The van der Waals surface area contributed by atoms with Gasteiger partial charge in [0, 0.05) is 32.6 Å². The van der Waals surface area contributed by atoms with E-state index in [0.717, 1.165) is 4.90 Å². The lowest BCUT2D eigenvalue weighted by molar-refractivity contribution is -0.148. The highest BCUT2D eigenvalue weighted by Gasteiger charge is 2.49. The molecule has 55 heavy (non-hydrogen) atoms. The lowest BCUT2D eigenvalue weighted by Gasteiger charge is -2.38. The first-order valence-electron chi connectivity index (χ1n) is 19.0. The molecule has 2 heterocycles. The highest BCUT2D eigenvalue weighted by Crippen LogP contribution is 2.28. The summed E-state index contributed by atoms with van der Waals surface area (Å²) in [6.45, 7) is 3.44. The number of carboxylic acids is 1. The van der Waals surface area contributed by atoms with Gasteiger partial charge in [0.15, 0.2) is 0 Å². The van der Waals surface area contributed by atoms with E-state index < -0.39 is 71.9 Å². The Bertz CT molecular complexity index is 1590. The van der Waals surface area contributed by atoms with E-state index in [1.165, 1.54) is 4.90 Å². The van der Waals surface area contributed by atoms with Gasteiger partial charge in [-0.25, -0.2) is 13.6 Å². The summed E-state index contributed by atoms with van der Waals surface area (Å²) in [7, 11) is 0. The molecule has 2 aromatic carbocycles. The predicted molar refractivity (Wildman–Crippen MR) is 203 cm³/mol. The molecule has 4 atom stereocenters. The van der Waals surface area contributed by atoms with Gasteiger partial charge in [0.05, 0.1) is 6.54 Å². The van der Waals surface area contributed by atoms with Crippen LogP contribution in [-0.4, -0.2) is 113 Å². The van der Waals surface area contributed by atoms with Crippen LogP contribution in [0.15, 0.2) is 60.7 Å². The number of hydrogen-bond donors (Lipinski definition) is 7. The minimum Gasteiger partial charge on any atom is -0.480 e. The molecule has 2 aliphatic rings. The molecule has 1 unspecified atom stereocenters. The molecule has 302 valence electrons. The zero-order chi connectivity index (χ0) is 40.2. The first-order valence-corrected chi connectivity index (χ1v) is 19.0. The number of likely N-dealkylation sites (tertiary alicyclic amines) is 1. The zero-order valence-electron chi connectivity index (χ0n) is 31.6. The fourth-order valence-corrected chi connectivity index (χ4v) is 6.93. The van der Waals surface area contributed by atoms with E-state index in [9.17, 15) is 29.1 Å². The van der Waals surface area contributed by atoms with E-state index in [0.29, 0.717) is 30.5 Å². The van der Waals surface area contributed by atoms with Gasteiger partial charge in [-0.3, -0.25) is 19.2 Å². The molecule has 2 saturated heterocycles. The van der Waals surface area contributed by atoms with Crippen molar-refractivity contribution in [1.29, 1.82) is 0 Å². The third-order valence-electron chi connectivity index (χ3n) is 10.2. The molecular weight excluding hydrogens is 714 g/mol. The molecule has 0 radical (unpaired) electrons. The van der Waals surface area contributed by atoms with Crippen molar-refractivity contribution in [3.8, 4) is 0 Å². The van der Waals surface area contributed by atoms with Gasteiger partial charge < -0.3 is 47.6 Å². The molecule has 0 spiro atoms. The molecule has 4 rings (SSSR count). The largest absolute Gasteiger partial charge is 0.480 e. The first kappa shape index (κ1) is 43.1. The van der Waals surface area contributed by atoms with Crippen LogP contribution in [0.5, 0.6) is 0 Å². The molecule has 14 nitrogen and oxygen atoms in total. The number of piperidine rings is 1. The number of urea groups is 1. The number of unbranched alkanes of at least 4 members (excludes halogenated alkanes) is 1. The van der Waals surface area contributed by atoms with Crippen LogP contribution < -0.4 is 32.7 Å². The van der Waals surface area contributed by atoms with Crippen molar-refractivity contribution in [3.05, 3.63) is 71.8 Å². The Morgan fingerprint density at radius 1 is 0.891 bits per heavy atom. The number of rotatable bonds is 18. The highest BCUT2D eigenvalue weighted by molar-refractivity contribution is 5.94. The second kappa shape index (κ2) is 19.8. The van der Waals surface area contributed by atoms with Crippen molar-refractivity contribution in [1.82, 2.24) is 31.1 Å².